The van der Waals surface area contributed by atoms with Crippen LogP contribution in [0, 0.1) is 0 Å². The maximum absolute atomic E-state index is 12.3. The number of para-hydroxylation sites is 1. The van der Waals surface area contributed by atoms with E-state index in [1.807, 2.05) is 0 Å². The SMILES string of the molecule is NC(=O)c1cccc2[nH]c(C(F)(F)F)nc12. The highest BCUT2D eigenvalue weighted by atomic mass is 19.4. The molecule has 0 aliphatic rings. The summed E-state index contributed by atoms with van der Waals surface area (Å²) in [6, 6.07) is 4.15. The van der Waals surface area contributed by atoms with Crippen LogP contribution in [0.4, 0.5) is 13.2 Å². The van der Waals surface area contributed by atoms with E-state index in [2.05, 4.69) is 9.97 Å². The average Bonchev–Trinajstić information content (AvgIpc) is 2.59. The van der Waals surface area contributed by atoms with Crippen LogP contribution in [0.15, 0.2) is 18.2 Å². The summed E-state index contributed by atoms with van der Waals surface area (Å²) in [5, 5.41) is 0. The molecule has 0 fully saturated rings. The third kappa shape index (κ3) is 1.60. The van der Waals surface area contributed by atoms with Gasteiger partial charge in [-0.05, 0) is 12.1 Å². The Hall–Kier alpha value is -2.05. The van der Waals surface area contributed by atoms with Gasteiger partial charge in [-0.2, -0.15) is 13.2 Å². The van der Waals surface area contributed by atoms with E-state index >= 15 is 0 Å². The summed E-state index contributed by atoms with van der Waals surface area (Å²) in [6.45, 7) is 0. The van der Waals surface area contributed by atoms with Crippen LogP contribution < -0.4 is 5.73 Å². The van der Waals surface area contributed by atoms with E-state index in [1.165, 1.54) is 18.2 Å². The number of rotatable bonds is 1. The molecule has 0 aliphatic heterocycles. The van der Waals surface area contributed by atoms with Crippen molar-refractivity contribution in [2.24, 2.45) is 5.73 Å². The first kappa shape index (κ1) is 10.5. The van der Waals surface area contributed by atoms with Crippen molar-refractivity contribution >= 4 is 16.9 Å². The Morgan fingerprint density at radius 2 is 2.06 bits per heavy atom. The number of hydrogen-bond acceptors (Lipinski definition) is 2. The Kier molecular flexibility index (Phi) is 2.11. The normalized spacial score (nSPS) is 11.9. The molecule has 2 aromatic rings. The molecular weight excluding hydrogens is 223 g/mol. The van der Waals surface area contributed by atoms with E-state index < -0.39 is 17.9 Å². The predicted molar refractivity (Wildman–Crippen MR) is 49.6 cm³/mol. The average molecular weight is 229 g/mol. The van der Waals surface area contributed by atoms with Crippen molar-refractivity contribution in [2.75, 3.05) is 0 Å². The van der Waals surface area contributed by atoms with E-state index in [1.54, 1.807) is 0 Å². The third-order valence-corrected chi connectivity index (χ3v) is 2.05. The summed E-state index contributed by atoms with van der Waals surface area (Å²) in [5.41, 5.74) is 5.05. The Morgan fingerprint density at radius 1 is 1.38 bits per heavy atom. The van der Waals surface area contributed by atoms with Gasteiger partial charge in [-0.3, -0.25) is 4.79 Å². The number of hydrogen-bond donors (Lipinski definition) is 2. The minimum Gasteiger partial charge on any atom is -0.366 e. The fourth-order valence-corrected chi connectivity index (χ4v) is 1.37. The van der Waals surface area contributed by atoms with Gasteiger partial charge in [-0.25, -0.2) is 4.98 Å². The lowest BCUT2D eigenvalue weighted by molar-refractivity contribution is -0.144. The van der Waals surface area contributed by atoms with Crippen LogP contribution in [-0.2, 0) is 6.18 Å². The molecule has 1 aromatic heterocycles. The topological polar surface area (TPSA) is 71.8 Å². The summed E-state index contributed by atoms with van der Waals surface area (Å²) in [5.74, 6) is -1.96. The van der Waals surface area contributed by atoms with E-state index in [0.717, 1.165) is 0 Å². The number of nitrogens with two attached hydrogens (primary N) is 1. The van der Waals surface area contributed by atoms with Gasteiger partial charge in [0.25, 0.3) is 5.91 Å². The minimum absolute atomic E-state index is 0.0377. The molecule has 0 spiro atoms. The number of nitrogens with zero attached hydrogens (tertiary/aromatic N) is 1. The van der Waals surface area contributed by atoms with Crippen molar-refractivity contribution in [3.8, 4) is 0 Å². The summed E-state index contributed by atoms with van der Waals surface area (Å²) in [4.78, 5) is 16.4. The van der Waals surface area contributed by atoms with Crippen molar-refractivity contribution in [1.82, 2.24) is 9.97 Å². The van der Waals surface area contributed by atoms with Gasteiger partial charge in [-0.1, -0.05) is 6.07 Å². The number of benzene rings is 1. The van der Waals surface area contributed by atoms with Crippen LogP contribution >= 0.6 is 0 Å². The molecule has 0 atom stereocenters. The minimum atomic E-state index is -4.58. The molecule has 1 heterocycles. The zero-order valence-electron chi connectivity index (χ0n) is 7.80. The highest BCUT2D eigenvalue weighted by Crippen LogP contribution is 2.29. The standard InChI is InChI=1S/C9H6F3N3O/c10-9(11,12)8-14-5-3-1-2-4(7(13)16)6(5)15-8/h1-3H,(H2,13,16)(H,14,15). The van der Waals surface area contributed by atoms with E-state index in [0.29, 0.717) is 0 Å². The van der Waals surface area contributed by atoms with Crippen molar-refractivity contribution in [3.05, 3.63) is 29.6 Å². The number of nitrogens with one attached hydrogen (secondary N) is 1. The largest absolute Gasteiger partial charge is 0.449 e. The van der Waals surface area contributed by atoms with Gasteiger partial charge >= 0.3 is 6.18 Å². The number of carbonyl (C=O) groups excluding carboxylic acids is 1. The van der Waals surface area contributed by atoms with Gasteiger partial charge in [-0.15, -0.1) is 0 Å². The number of halogens is 3. The van der Waals surface area contributed by atoms with Crippen LogP contribution in [0.3, 0.4) is 0 Å². The van der Waals surface area contributed by atoms with Crippen LogP contribution in [0.25, 0.3) is 11.0 Å². The van der Waals surface area contributed by atoms with Gasteiger partial charge in [0.1, 0.15) is 5.52 Å². The summed E-state index contributed by atoms with van der Waals surface area (Å²) < 4.78 is 37.0. The van der Waals surface area contributed by atoms with Crippen LogP contribution in [0.5, 0.6) is 0 Å². The summed E-state index contributed by atoms with van der Waals surface area (Å²) in [6.07, 6.45) is -4.58. The zero-order valence-corrected chi connectivity index (χ0v) is 7.80. The number of carbonyl (C=O) groups is 1. The van der Waals surface area contributed by atoms with E-state index in [4.69, 9.17) is 5.73 Å². The van der Waals surface area contributed by atoms with Crippen LogP contribution in [-0.4, -0.2) is 15.9 Å². The first-order chi connectivity index (χ1) is 7.39. The molecule has 1 amide bonds. The quantitative estimate of drug-likeness (QED) is 0.780. The molecule has 2 rings (SSSR count). The van der Waals surface area contributed by atoms with Gasteiger partial charge in [0, 0.05) is 0 Å². The fraction of sp³-hybridized carbons (Fsp3) is 0.111. The predicted octanol–water partition coefficient (Wildman–Crippen LogP) is 1.68. The number of aromatic nitrogens is 2. The van der Waals surface area contributed by atoms with Crippen LogP contribution in [0.2, 0.25) is 0 Å². The monoisotopic (exact) mass is 229 g/mol. The highest BCUT2D eigenvalue weighted by molar-refractivity contribution is 6.04. The molecule has 0 unspecified atom stereocenters. The highest BCUT2D eigenvalue weighted by Gasteiger charge is 2.35. The molecule has 7 heteroatoms. The smallest absolute Gasteiger partial charge is 0.366 e. The lowest BCUT2D eigenvalue weighted by Gasteiger charge is -1.99. The molecule has 4 nitrogen and oxygen atoms in total. The molecule has 3 N–H and O–H groups in total. The third-order valence-electron chi connectivity index (χ3n) is 2.05. The Bertz CT molecular complexity index is 559. The van der Waals surface area contributed by atoms with Crippen molar-refractivity contribution in [2.45, 2.75) is 6.18 Å². The lowest BCUT2D eigenvalue weighted by atomic mass is 10.2. The first-order valence-electron chi connectivity index (χ1n) is 4.25. The maximum Gasteiger partial charge on any atom is 0.449 e. The Balaban J connectivity index is 2.71. The number of fused-ring (bicyclic) bond motifs is 1. The summed E-state index contributed by atoms with van der Waals surface area (Å²) >= 11 is 0. The molecule has 16 heavy (non-hydrogen) atoms. The Labute approximate surface area is 87.3 Å². The van der Waals surface area contributed by atoms with E-state index in [9.17, 15) is 18.0 Å². The second-order valence-corrected chi connectivity index (χ2v) is 3.15. The van der Waals surface area contributed by atoms with Crippen molar-refractivity contribution < 1.29 is 18.0 Å². The first-order valence-corrected chi connectivity index (χ1v) is 4.25. The number of primary amides is 1. The molecule has 84 valence electrons. The second kappa shape index (κ2) is 3.22. The lowest BCUT2D eigenvalue weighted by Crippen LogP contribution is -2.11. The maximum atomic E-state index is 12.3. The van der Waals surface area contributed by atoms with Crippen molar-refractivity contribution in [3.63, 3.8) is 0 Å². The van der Waals surface area contributed by atoms with E-state index in [-0.39, 0.29) is 16.6 Å². The Morgan fingerprint density at radius 3 is 2.62 bits per heavy atom. The van der Waals surface area contributed by atoms with Gasteiger partial charge in [0.2, 0.25) is 5.82 Å². The number of aromatic amines is 1. The summed E-state index contributed by atoms with van der Waals surface area (Å²) in [7, 11) is 0. The molecule has 0 saturated carbocycles. The van der Waals surface area contributed by atoms with Crippen molar-refractivity contribution in [1.29, 1.82) is 0 Å². The molecule has 0 bridgehead atoms. The number of alkyl halides is 3. The number of amides is 1. The van der Waals surface area contributed by atoms with Crippen LogP contribution in [0.1, 0.15) is 16.2 Å². The fourth-order valence-electron chi connectivity index (χ4n) is 1.37. The zero-order chi connectivity index (χ0) is 11.9. The molecule has 0 aliphatic carbocycles. The van der Waals surface area contributed by atoms with Gasteiger partial charge in [0.05, 0.1) is 11.1 Å². The number of imidazole rings is 1. The molecule has 0 radical (unpaired) electrons. The van der Waals surface area contributed by atoms with Gasteiger partial charge in [0.15, 0.2) is 0 Å². The van der Waals surface area contributed by atoms with Gasteiger partial charge < -0.3 is 10.7 Å². The number of H-pyrrole nitrogens is 1. The molecular formula is C9H6F3N3O. The molecule has 0 saturated heterocycles. The molecule has 1 aromatic carbocycles. The second-order valence-electron chi connectivity index (χ2n) is 3.15.